The van der Waals surface area contributed by atoms with Gasteiger partial charge in [-0.1, -0.05) is 60.7 Å². The van der Waals surface area contributed by atoms with Gasteiger partial charge in [0.25, 0.3) is 5.91 Å². The van der Waals surface area contributed by atoms with Crippen molar-refractivity contribution in [1.29, 1.82) is 0 Å². The van der Waals surface area contributed by atoms with E-state index in [0.717, 1.165) is 11.1 Å². The summed E-state index contributed by atoms with van der Waals surface area (Å²) in [4.78, 5) is 27.4. The number of carbonyl (C=O) groups is 1. The first kappa shape index (κ1) is 19.5. The minimum Gasteiger partial charge on any atom is -0.346 e. The van der Waals surface area contributed by atoms with Crippen LogP contribution in [0.5, 0.6) is 0 Å². The summed E-state index contributed by atoms with van der Waals surface area (Å²) < 4.78 is 14.6. The largest absolute Gasteiger partial charge is 0.346 e. The smallest absolute Gasteiger partial charge is 0.340 e. The molecular formula is C20H22FN5O2. The van der Waals surface area contributed by atoms with Gasteiger partial charge >= 0.3 is 5.69 Å². The van der Waals surface area contributed by atoms with Gasteiger partial charge in [0.05, 0.1) is 6.54 Å². The Kier molecular flexibility index (Phi) is 6.69. The van der Waals surface area contributed by atoms with Crippen LogP contribution in [0.2, 0.25) is 0 Å². The molecule has 0 fully saturated rings. The van der Waals surface area contributed by atoms with Crippen LogP contribution in [0.4, 0.5) is 4.39 Å². The van der Waals surface area contributed by atoms with Gasteiger partial charge in [-0.25, -0.2) is 14.3 Å². The van der Waals surface area contributed by atoms with E-state index in [1.54, 1.807) is 0 Å². The minimum absolute atomic E-state index is 0.0463. The van der Waals surface area contributed by atoms with Crippen LogP contribution in [0.15, 0.2) is 65.5 Å². The molecule has 0 aliphatic heterocycles. The maximum atomic E-state index is 14.6. The van der Waals surface area contributed by atoms with Crippen molar-refractivity contribution in [1.82, 2.24) is 25.4 Å². The Bertz CT molecular complexity index is 885. The van der Waals surface area contributed by atoms with E-state index < -0.39 is 17.8 Å². The average Bonchev–Trinajstić information content (AvgIpc) is 3.13. The average molecular weight is 383 g/mol. The molecule has 0 saturated carbocycles. The Labute approximate surface area is 161 Å². The summed E-state index contributed by atoms with van der Waals surface area (Å²) in [6, 6.07) is 19.5. The first-order valence-corrected chi connectivity index (χ1v) is 8.95. The lowest BCUT2D eigenvalue weighted by molar-refractivity contribution is -0.127. The monoisotopic (exact) mass is 383 g/mol. The lowest BCUT2D eigenvalue weighted by Crippen LogP contribution is -2.40. The van der Waals surface area contributed by atoms with Gasteiger partial charge in [-0.3, -0.25) is 14.7 Å². The molecule has 1 heterocycles. The van der Waals surface area contributed by atoms with E-state index in [1.807, 2.05) is 65.6 Å². The van der Waals surface area contributed by atoms with Gasteiger partial charge < -0.3 is 5.32 Å². The number of hydrogen-bond donors (Lipinski definition) is 3. The highest BCUT2D eigenvalue weighted by Crippen LogP contribution is 2.12. The predicted octanol–water partition coefficient (Wildman–Crippen LogP) is 1.75. The van der Waals surface area contributed by atoms with E-state index >= 15 is 0 Å². The van der Waals surface area contributed by atoms with Crippen molar-refractivity contribution in [2.24, 2.45) is 0 Å². The highest BCUT2D eigenvalue weighted by atomic mass is 19.1. The molecule has 3 rings (SSSR count). The standard InChI is InChI=1S/C20H22FN5O2/c21-17(19(27)22-11-18-23-20(28)25-24-18)14-26(12-15-7-3-1-4-8-15)13-16-9-5-2-6-10-16/h1-10,17H,11-14H2,(H,22,27)(H2,23,24,25,28). The second kappa shape index (κ2) is 9.61. The van der Waals surface area contributed by atoms with Gasteiger partial charge in [0.2, 0.25) is 0 Å². The molecule has 1 unspecified atom stereocenters. The van der Waals surface area contributed by atoms with Gasteiger partial charge in [0, 0.05) is 19.6 Å². The predicted molar refractivity (Wildman–Crippen MR) is 103 cm³/mol. The Morgan fingerprint density at radius 3 is 2.11 bits per heavy atom. The maximum absolute atomic E-state index is 14.6. The van der Waals surface area contributed by atoms with Gasteiger partial charge in [0.15, 0.2) is 6.17 Å². The lowest BCUT2D eigenvalue weighted by Gasteiger charge is -2.24. The number of rotatable bonds is 9. The molecule has 1 atom stereocenters. The second-order valence-electron chi connectivity index (χ2n) is 6.45. The summed E-state index contributed by atoms with van der Waals surface area (Å²) in [5, 5.41) is 8.32. The molecule has 3 aromatic rings. The number of halogens is 1. The number of H-pyrrole nitrogens is 2. The Hall–Kier alpha value is -3.26. The summed E-state index contributed by atoms with van der Waals surface area (Å²) in [5.41, 5.74) is 1.61. The zero-order valence-corrected chi connectivity index (χ0v) is 15.3. The van der Waals surface area contributed by atoms with Crippen LogP contribution >= 0.6 is 0 Å². The molecule has 0 bridgehead atoms. The third-order valence-electron chi connectivity index (χ3n) is 4.18. The molecule has 2 aromatic carbocycles. The van der Waals surface area contributed by atoms with E-state index in [1.165, 1.54) is 0 Å². The van der Waals surface area contributed by atoms with E-state index in [9.17, 15) is 14.0 Å². The second-order valence-corrected chi connectivity index (χ2v) is 6.45. The highest BCUT2D eigenvalue weighted by Gasteiger charge is 2.21. The number of aromatic nitrogens is 3. The van der Waals surface area contributed by atoms with Crippen molar-refractivity contribution in [2.75, 3.05) is 6.54 Å². The summed E-state index contributed by atoms with van der Waals surface area (Å²) in [7, 11) is 0. The summed E-state index contributed by atoms with van der Waals surface area (Å²) in [6.45, 7) is 0.953. The fourth-order valence-corrected chi connectivity index (χ4v) is 2.85. The molecular weight excluding hydrogens is 361 g/mol. The highest BCUT2D eigenvalue weighted by molar-refractivity contribution is 5.80. The van der Waals surface area contributed by atoms with Crippen molar-refractivity contribution < 1.29 is 9.18 Å². The van der Waals surface area contributed by atoms with Gasteiger partial charge in [0.1, 0.15) is 5.82 Å². The number of alkyl halides is 1. The van der Waals surface area contributed by atoms with E-state index in [2.05, 4.69) is 20.5 Å². The molecule has 0 spiro atoms. The van der Waals surface area contributed by atoms with Crippen molar-refractivity contribution in [2.45, 2.75) is 25.8 Å². The van der Waals surface area contributed by atoms with E-state index in [-0.39, 0.29) is 18.9 Å². The minimum atomic E-state index is -1.71. The first-order valence-electron chi connectivity index (χ1n) is 8.95. The number of nitrogens with one attached hydrogen (secondary N) is 3. The van der Waals surface area contributed by atoms with E-state index in [0.29, 0.717) is 13.1 Å². The Balaban J connectivity index is 1.61. The van der Waals surface area contributed by atoms with Crippen LogP contribution in [0.3, 0.4) is 0 Å². The van der Waals surface area contributed by atoms with Gasteiger partial charge in [-0.15, -0.1) is 0 Å². The van der Waals surface area contributed by atoms with Gasteiger partial charge in [-0.2, -0.15) is 5.10 Å². The van der Waals surface area contributed by atoms with Crippen LogP contribution in [-0.2, 0) is 24.4 Å². The lowest BCUT2D eigenvalue weighted by atomic mass is 10.1. The van der Waals surface area contributed by atoms with Crippen LogP contribution in [0.25, 0.3) is 0 Å². The Morgan fingerprint density at radius 1 is 1.04 bits per heavy atom. The normalized spacial score (nSPS) is 12.1. The summed E-state index contributed by atoms with van der Waals surface area (Å²) in [5.74, 6) is -0.494. The Morgan fingerprint density at radius 2 is 1.61 bits per heavy atom. The van der Waals surface area contributed by atoms with Crippen molar-refractivity contribution in [3.8, 4) is 0 Å². The molecule has 146 valence electrons. The van der Waals surface area contributed by atoms with Gasteiger partial charge in [-0.05, 0) is 11.1 Å². The first-order chi connectivity index (χ1) is 13.6. The summed E-state index contributed by atoms with van der Waals surface area (Å²) >= 11 is 0. The number of carbonyl (C=O) groups excluding carboxylic acids is 1. The van der Waals surface area contributed by atoms with Crippen molar-refractivity contribution in [3.05, 3.63) is 88.1 Å². The van der Waals surface area contributed by atoms with Crippen molar-refractivity contribution >= 4 is 5.91 Å². The van der Waals surface area contributed by atoms with Crippen LogP contribution in [0.1, 0.15) is 17.0 Å². The molecule has 8 heteroatoms. The summed E-state index contributed by atoms with van der Waals surface area (Å²) in [6.07, 6.45) is -1.71. The number of nitrogens with zero attached hydrogens (tertiary/aromatic N) is 2. The molecule has 1 amide bonds. The molecule has 3 N–H and O–H groups in total. The zero-order valence-electron chi connectivity index (χ0n) is 15.3. The molecule has 0 aliphatic rings. The van der Waals surface area contributed by atoms with Crippen LogP contribution < -0.4 is 11.0 Å². The number of aromatic amines is 2. The number of amides is 1. The van der Waals surface area contributed by atoms with Crippen molar-refractivity contribution in [3.63, 3.8) is 0 Å². The zero-order chi connectivity index (χ0) is 19.8. The topological polar surface area (TPSA) is 93.9 Å². The molecule has 7 nitrogen and oxygen atoms in total. The molecule has 0 radical (unpaired) electrons. The quantitative estimate of drug-likeness (QED) is 0.525. The number of benzene rings is 2. The third-order valence-corrected chi connectivity index (χ3v) is 4.18. The van der Waals surface area contributed by atoms with E-state index in [4.69, 9.17) is 0 Å². The maximum Gasteiger partial charge on any atom is 0.340 e. The van der Waals surface area contributed by atoms with Crippen LogP contribution in [0, 0.1) is 0 Å². The van der Waals surface area contributed by atoms with Crippen LogP contribution in [-0.4, -0.2) is 38.7 Å². The molecule has 0 aliphatic carbocycles. The fraction of sp³-hybridized carbons (Fsp3) is 0.250. The number of hydrogen-bond acceptors (Lipinski definition) is 4. The molecule has 1 aromatic heterocycles. The fourth-order valence-electron chi connectivity index (χ4n) is 2.85. The molecule has 0 saturated heterocycles. The molecule has 28 heavy (non-hydrogen) atoms. The SMILES string of the molecule is O=C(NCc1n[nH]c(=O)[nH]1)C(F)CN(Cc1ccccc1)Cc1ccccc1. The third kappa shape index (κ3) is 5.88.